The molecule has 8 heteroatoms. The van der Waals surface area contributed by atoms with Gasteiger partial charge in [0.05, 0.1) is 5.75 Å². The van der Waals surface area contributed by atoms with Crippen molar-refractivity contribution in [2.45, 2.75) is 52.1 Å². The Morgan fingerprint density at radius 3 is 2.18 bits per heavy atom. The Bertz CT molecular complexity index is 428. The first kappa shape index (κ1) is 20.4. The quantitative estimate of drug-likeness (QED) is 0.414. The van der Waals surface area contributed by atoms with Crippen LogP contribution in [-0.4, -0.2) is 41.3 Å². The maximum Gasteiger partial charge on any atom is 0.243 e. The van der Waals surface area contributed by atoms with E-state index in [2.05, 4.69) is 23.3 Å². The second kappa shape index (κ2) is 10.2. The van der Waals surface area contributed by atoms with Crippen LogP contribution in [0.15, 0.2) is 0 Å². The molecule has 0 saturated heterocycles. The normalized spacial score (nSPS) is 14.5. The summed E-state index contributed by atoms with van der Waals surface area (Å²) in [6.45, 7) is 5.10. The van der Waals surface area contributed by atoms with Gasteiger partial charge in [0, 0.05) is 6.42 Å². The van der Waals surface area contributed by atoms with Crippen molar-refractivity contribution in [3.63, 3.8) is 0 Å². The predicted octanol–water partition coefficient (Wildman–Crippen LogP) is -0.214. The molecule has 7 nitrogen and oxygen atoms in total. The fourth-order valence-electron chi connectivity index (χ4n) is 1.82. The number of rotatable bonds is 10. The highest BCUT2D eigenvalue weighted by molar-refractivity contribution is 7.81. The average molecular weight is 331 g/mol. The summed E-state index contributed by atoms with van der Waals surface area (Å²) in [5.74, 6) is -1.82. The zero-order valence-corrected chi connectivity index (χ0v) is 14.1. The molecule has 0 aromatic carbocycles. The summed E-state index contributed by atoms with van der Waals surface area (Å²) >= 11 is 3.86. The minimum atomic E-state index is -0.934. The number of amides is 3. The standard InChI is InChI=1S/C14H25N3O4S/c1-4-8(2)12(17-11(19)7-22)14(21)16-10(13(15)20)6-5-9(3)18/h8,10,12,22H,4-7H2,1-3H3,(H2,15,20)(H,16,21)(H,17,19)/t8-,10+,12+/m1/s1. The van der Waals surface area contributed by atoms with Crippen LogP contribution in [0.1, 0.15) is 40.0 Å². The van der Waals surface area contributed by atoms with Crippen LogP contribution in [-0.2, 0) is 19.2 Å². The molecule has 0 aliphatic carbocycles. The molecule has 0 aliphatic rings. The molecular weight excluding hydrogens is 306 g/mol. The Morgan fingerprint density at radius 2 is 1.77 bits per heavy atom. The van der Waals surface area contributed by atoms with Crippen molar-refractivity contribution in [2.24, 2.45) is 11.7 Å². The van der Waals surface area contributed by atoms with Crippen LogP contribution in [0.25, 0.3) is 0 Å². The molecule has 0 aromatic rings. The maximum absolute atomic E-state index is 12.3. The van der Waals surface area contributed by atoms with Crippen molar-refractivity contribution < 1.29 is 19.2 Å². The van der Waals surface area contributed by atoms with E-state index in [4.69, 9.17) is 5.73 Å². The van der Waals surface area contributed by atoms with Crippen molar-refractivity contribution in [3.05, 3.63) is 0 Å². The van der Waals surface area contributed by atoms with Gasteiger partial charge in [0.15, 0.2) is 0 Å². The van der Waals surface area contributed by atoms with Gasteiger partial charge in [-0.2, -0.15) is 12.6 Å². The molecule has 22 heavy (non-hydrogen) atoms. The molecule has 0 saturated carbocycles. The maximum atomic E-state index is 12.3. The highest BCUT2D eigenvalue weighted by atomic mass is 32.1. The number of carbonyl (C=O) groups is 4. The van der Waals surface area contributed by atoms with Crippen LogP contribution in [0.3, 0.4) is 0 Å². The monoisotopic (exact) mass is 331 g/mol. The summed E-state index contributed by atoms with van der Waals surface area (Å²) in [5, 5.41) is 5.09. The Morgan fingerprint density at radius 1 is 1.18 bits per heavy atom. The predicted molar refractivity (Wildman–Crippen MR) is 86.3 cm³/mol. The second-order valence-corrected chi connectivity index (χ2v) is 5.61. The number of primary amides is 1. The van der Waals surface area contributed by atoms with E-state index in [9.17, 15) is 19.2 Å². The van der Waals surface area contributed by atoms with Gasteiger partial charge < -0.3 is 21.2 Å². The molecule has 0 rings (SSSR count). The van der Waals surface area contributed by atoms with Gasteiger partial charge in [0.1, 0.15) is 17.9 Å². The van der Waals surface area contributed by atoms with E-state index >= 15 is 0 Å². The van der Waals surface area contributed by atoms with Crippen molar-refractivity contribution >= 4 is 36.1 Å². The largest absolute Gasteiger partial charge is 0.368 e. The number of carbonyl (C=O) groups excluding carboxylic acids is 4. The third kappa shape index (κ3) is 7.44. The van der Waals surface area contributed by atoms with Crippen molar-refractivity contribution in [1.82, 2.24) is 10.6 Å². The summed E-state index contributed by atoms with van der Waals surface area (Å²) < 4.78 is 0. The van der Waals surface area contributed by atoms with Gasteiger partial charge in [0.2, 0.25) is 17.7 Å². The summed E-state index contributed by atoms with van der Waals surface area (Å²) in [4.78, 5) is 46.2. The highest BCUT2D eigenvalue weighted by Crippen LogP contribution is 2.09. The van der Waals surface area contributed by atoms with Crippen LogP contribution in [0.5, 0.6) is 0 Å². The van der Waals surface area contributed by atoms with Crippen molar-refractivity contribution in [2.75, 3.05) is 5.75 Å². The SMILES string of the molecule is CC[C@@H](C)[C@H](NC(=O)CS)C(=O)N[C@@H](CCC(C)=O)C(N)=O. The second-order valence-electron chi connectivity index (χ2n) is 5.29. The van der Waals surface area contributed by atoms with E-state index in [0.717, 1.165) is 0 Å². The van der Waals surface area contributed by atoms with E-state index in [0.29, 0.717) is 6.42 Å². The van der Waals surface area contributed by atoms with Gasteiger partial charge in [-0.15, -0.1) is 0 Å². The molecule has 0 aliphatic heterocycles. The van der Waals surface area contributed by atoms with Crippen molar-refractivity contribution in [3.8, 4) is 0 Å². The summed E-state index contributed by atoms with van der Waals surface area (Å²) in [6, 6.07) is -1.71. The molecule has 0 radical (unpaired) electrons. The van der Waals surface area contributed by atoms with Gasteiger partial charge in [-0.3, -0.25) is 14.4 Å². The molecule has 0 unspecified atom stereocenters. The van der Waals surface area contributed by atoms with Crippen LogP contribution in [0.2, 0.25) is 0 Å². The minimum Gasteiger partial charge on any atom is -0.368 e. The number of ketones is 1. The minimum absolute atomic E-state index is 0.0379. The first-order valence-corrected chi connectivity index (χ1v) is 7.85. The molecule has 3 atom stereocenters. The van der Waals surface area contributed by atoms with Gasteiger partial charge in [-0.25, -0.2) is 0 Å². The van der Waals surface area contributed by atoms with Gasteiger partial charge >= 0.3 is 0 Å². The molecule has 4 N–H and O–H groups in total. The molecule has 3 amide bonds. The fraction of sp³-hybridized carbons (Fsp3) is 0.714. The first-order chi connectivity index (χ1) is 10.2. The van der Waals surface area contributed by atoms with Crippen LogP contribution in [0, 0.1) is 5.92 Å². The lowest BCUT2D eigenvalue weighted by molar-refractivity contribution is -0.132. The number of Topliss-reactive ketones (excluding diaryl/α,β-unsaturated/α-hetero) is 1. The van der Waals surface area contributed by atoms with Crippen LogP contribution >= 0.6 is 12.6 Å². The Kier molecular flexibility index (Phi) is 9.48. The van der Waals surface area contributed by atoms with E-state index in [-0.39, 0.29) is 36.2 Å². The van der Waals surface area contributed by atoms with Crippen molar-refractivity contribution in [1.29, 1.82) is 0 Å². The van der Waals surface area contributed by atoms with Crippen LogP contribution in [0.4, 0.5) is 0 Å². The van der Waals surface area contributed by atoms with E-state index in [1.165, 1.54) is 6.92 Å². The summed E-state index contributed by atoms with van der Waals surface area (Å²) in [6.07, 6.45) is 0.953. The zero-order chi connectivity index (χ0) is 17.3. The molecule has 0 heterocycles. The lowest BCUT2D eigenvalue weighted by atomic mass is 9.97. The van der Waals surface area contributed by atoms with Gasteiger partial charge in [0.25, 0.3) is 0 Å². The fourth-order valence-corrected chi connectivity index (χ4v) is 1.91. The summed E-state index contributed by atoms with van der Waals surface area (Å²) in [5.41, 5.74) is 5.24. The van der Waals surface area contributed by atoms with Gasteiger partial charge in [-0.1, -0.05) is 20.3 Å². The molecule has 0 bridgehead atoms. The molecule has 0 spiro atoms. The molecule has 0 fully saturated rings. The Hall–Kier alpha value is -1.57. The third-order valence-electron chi connectivity index (χ3n) is 3.40. The molecule has 0 aromatic heterocycles. The third-order valence-corrected chi connectivity index (χ3v) is 3.69. The highest BCUT2D eigenvalue weighted by Gasteiger charge is 2.28. The lowest BCUT2D eigenvalue weighted by Crippen LogP contribution is -2.55. The smallest absolute Gasteiger partial charge is 0.243 e. The van der Waals surface area contributed by atoms with Gasteiger partial charge in [-0.05, 0) is 19.3 Å². The average Bonchev–Trinajstić information content (AvgIpc) is 2.46. The van der Waals surface area contributed by atoms with Crippen LogP contribution < -0.4 is 16.4 Å². The Labute approximate surface area is 136 Å². The van der Waals surface area contributed by atoms with E-state index < -0.39 is 23.9 Å². The molecular formula is C14H25N3O4S. The number of hydrogen-bond acceptors (Lipinski definition) is 5. The van der Waals surface area contributed by atoms with E-state index in [1.807, 2.05) is 13.8 Å². The Balaban J connectivity index is 4.91. The van der Waals surface area contributed by atoms with E-state index in [1.54, 1.807) is 0 Å². The number of nitrogens with one attached hydrogen (secondary N) is 2. The number of thiol groups is 1. The lowest BCUT2D eigenvalue weighted by Gasteiger charge is -2.25. The molecule has 126 valence electrons. The zero-order valence-electron chi connectivity index (χ0n) is 13.2. The summed E-state index contributed by atoms with van der Waals surface area (Å²) in [7, 11) is 0. The topological polar surface area (TPSA) is 118 Å². The number of hydrogen-bond donors (Lipinski definition) is 4. The number of nitrogens with two attached hydrogens (primary N) is 1. The first-order valence-electron chi connectivity index (χ1n) is 7.22.